The molecule has 0 fully saturated rings. The lowest BCUT2D eigenvalue weighted by Crippen LogP contribution is -2.36. The molecule has 2 rings (SSSR count). The molecular formula is C23H30O3S. The van der Waals surface area contributed by atoms with Crippen LogP contribution in [0.15, 0.2) is 59.5 Å². The number of methoxy groups -OCH3 is 2. The molecule has 0 spiro atoms. The van der Waals surface area contributed by atoms with Crippen LogP contribution in [0.25, 0.3) is 0 Å². The molecule has 1 atom stereocenters. The Hall–Kier alpha value is -1.94. The number of carbonyl (C=O) groups is 1. The minimum Gasteiger partial charge on any atom is -0.497 e. The molecule has 2 aromatic carbocycles. The van der Waals surface area contributed by atoms with Crippen LogP contribution >= 0.6 is 11.8 Å². The van der Waals surface area contributed by atoms with Crippen molar-refractivity contribution in [3.63, 3.8) is 0 Å². The Labute approximate surface area is 167 Å². The molecule has 27 heavy (non-hydrogen) atoms. The molecule has 0 heterocycles. The topological polar surface area (TPSA) is 35.5 Å². The van der Waals surface area contributed by atoms with Gasteiger partial charge in [0.1, 0.15) is 5.75 Å². The van der Waals surface area contributed by atoms with E-state index in [9.17, 15) is 4.79 Å². The summed E-state index contributed by atoms with van der Waals surface area (Å²) >= 11 is 1.75. The molecule has 0 aromatic heterocycles. The maximum absolute atomic E-state index is 12.4. The van der Waals surface area contributed by atoms with Gasteiger partial charge in [0.05, 0.1) is 19.6 Å². The van der Waals surface area contributed by atoms with E-state index in [-0.39, 0.29) is 11.2 Å². The number of thioether (sulfide) groups is 1. The highest BCUT2D eigenvalue weighted by Gasteiger charge is 2.38. The summed E-state index contributed by atoms with van der Waals surface area (Å²) in [7, 11) is 3.13. The number of aryl methyl sites for hydroxylation is 1. The van der Waals surface area contributed by atoms with E-state index in [1.807, 2.05) is 44.2 Å². The molecule has 0 aliphatic rings. The summed E-state index contributed by atoms with van der Waals surface area (Å²) in [5.74, 6) is 0.683. The molecule has 0 N–H and O–H groups in total. The predicted molar refractivity (Wildman–Crippen MR) is 112 cm³/mol. The third-order valence-corrected chi connectivity index (χ3v) is 6.53. The van der Waals surface area contributed by atoms with Crippen molar-refractivity contribution in [2.45, 2.75) is 49.7 Å². The van der Waals surface area contributed by atoms with E-state index in [4.69, 9.17) is 9.47 Å². The quantitative estimate of drug-likeness (QED) is 0.295. The van der Waals surface area contributed by atoms with Crippen LogP contribution < -0.4 is 4.74 Å². The fourth-order valence-electron chi connectivity index (χ4n) is 3.08. The fourth-order valence-corrected chi connectivity index (χ4v) is 4.38. The molecule has 2 aromatic rings. The second-order valence-electron chi connectivity index (χ2n) is 7.23. The van der Waals surface area contributed by atoms with Gasteiger partial charge in [0.25, 0.3) is 0 Å². The van der Waals surface area contributed by atoms with E-state index >= 15 is 0 Å². The molecule has 0 amide bonds. The Morgan fingerprint density at radius 3 is 2.26 bits per heavy atom. The molecular weight excluding hydrogens is 356 g/mol. The van der Waals surface area contributed by atoms with E-state index < -0.39 is 5.41 Å². The maximum Gasteiger partial charge on any atom is 0.312 e. The lowest BCUT2D eigenvalue weighted by atomic mass is 9.86. The van der Waals surface area contributed by atoms with Gasteiger partial charge in [-0.2, -0.15) is 0 Å². The number of hydrogen-bond acceptors (Lipinski definition) is 4. The molecule has 4 heteroatoms. The van der Waals surface area contributed by atoms with Crippen molar-refractivity contribution in [1.29, 1.82) is 0 Å². The van der Waals surface area contributed by atoms with Crippen LogP contribution in [0.3, 0.4) is 0 Å². The number of hydrogen-bond donors (Lipinski definition) is 0. The van der Waals surface area contributed by atoms with E-state index in [0.717, 1.165) is 36.3 Å². The summed E-state index contributed by atoms with van der Waals surface area (Å²) in [4.78, 5) is 13.5. The maximum atomic E-state index is 12.4. The first-order valence-electron chi connectivity index (χ1n) is 9.40. The monoisotopic (exact) mass is 386 g/mol. The normalized spacial score (nSPS) is 12.4. The molecule has 146 valence electrons. The minimum atomic E-state index is -0.550. The van der Waals surface area contributed by atoms with Crippen LogP contribution in [0.1, 0.15) is 38.7 Å². The van der Waals surface area contributed by atoms with Crippen molar-refractivity contribution in [2.24, 2.45) is 5.41 Å². The lowest BCUT2D eigenvalue weighted by Gasteiger charge is -2.31. The molecule has 0 aliphatic carbocycles. The van der Waals surface area contributed by atoms with Gasteiger partial charge < -0.3 is 9.47 Å². The second-order valence-corrected chi connectivity index (χ2v) is 8.50. The van der Waals surface area contributed by atoms with Crippen LogP contribution in [0.4, 0.5) is 0 Å². The Kier molecular flexibility index (Phi) is 8.23. The van der Waals surface area contributed by atoms with Gasteiger partial charge in [0.15, 0.2) is 0 Å². The van der Waals surface area contributed by atoms with Crippen molar-refractivity contribution in [3.05, 3.63) is 60.2 Å². The molecule has 0 bridgehead atoms. The average molecular weight is 387 g/mol. The van der Waals surface area contributed by atoms with Crippen molar-refractivity contribution < 1.29 is 14.3 Å². The number of ether oxygens (including phenoxy) is 2. The fraction of sp³-hybridized carbons (Fsp3) is 0.435. The number of carbonyl (C=O) groups excluding carboxylic acids is 1. The van der Waals surface area contributed by atoms with Crippen LogP contribution in [-0.2, 0) is 16.0 Å². The predicted octanol–water partition coefficient (Wildman–Crippen LogP) is 5.77. The molecule has 1 unspecified atom stereocenters. The summed E-state index contributed by atoms with van der Waals surface area (Å²) in [5, 5.41) is 0.147. The van der Waals surface area contributed by atoms with Crippen LogP contribution in [0.2, 0.25) is 0 Å². The third kappa shape index (κ3) is 6.31. The lowest BCUT2D eigenvalue weighted by molar-refractivity contribution is -0.150. The minimum absolute atomic E-state index is 0.147. The first-order valence-corrected chi connectivity index (χ1v) is 10.3. The highest BCUT2D eigenvalue weighted by molar-refractivity contribution is 8.00. The Morgan fingerprint density at radius 2 is 1.67 bits per heavy atom. The van der Waals surface area contributed by atoms with Gasteiger partial charge in [-0.3, -0.25) is 4.79 Å². The summed E-state index contributed by atoms with van der Waals surface area (Å²) in [6, 6.07) is 18.6. The zero-order chi connectivity index (χ0) is 19.7. The molecule has 3 nitrogen and oxygen atoms in total. The smallest absolute Gasteiger partial charge is 0.312 e. The van der Waals surface area contributed by atoms with E-state index in [2.05, 4.69) is 24.3 Å². The van der Waals surface area contributed by atoms with Crippen LogP contribution in [-0.4, -0.2) is 25.4 Å². The van der Waals surface area contributed by atoms with Crippen molar-refractivity contribution >= 4 is 17.7 Å². The Morgan fingerprint density at radius 1 is 1.00 bits per heavy atom. The van der Waals surface area contributed by atoms with Crippen molar-refractivity contribution in [1.82, 2.24) is 0 Å². The van der Waals surface area contributed by atoms with Crippen LogP contribution in [0.5, 0.6) is 5.75 Å². The summed E-state index contributed by atoms with van der Waals surface area (Å²) in [6.07, 6.45) is 4.22. The van der Waals surface area contributed by atoms with Gasteiger partial charge in [-0.25, -0.2) is 0 Å². The van der Waals surface area contributed by atoms with Gasteiger partial charge >= 0.3 is 5.97 Å². The number of esters is 1. The van der Waals surface area contributed by atoms with Gasteiger partial charge in [-0.1, -0.05) is 36.8 Å². The van der Waals surface area contributed by atoms with Gasteiger partial charge in [0, 0.05) is 10.1 Å². The molecule has 0 saturated carbocycles. The Bertz CT molecular complexity index is 695. The van der Waals surface area contributed by atoms with Gasteiger partial charge in [-0.15, -0.1) is 11.8 Å². The van der Waals surface area contributed by atoms with E-state index in [0.29, 0.717) is 0 Å². The molecule has 0 radical (unpaired) electrons. The SMILES string of the molecule is COC(=O)C(C)(C)C(CCCCc1ccccc1)Sc1ccc(OC)cc1. The molecule has 0 aliphatic heterocycles. The first-order chi connectivity index (χ1) is 13.0. The highest BCUT2D eigenvalue weighted by Crippen LogP contribution is 2.40. The van der Waals surface area contributed by atoms with Crippen molar-refractivity contribution in [2.75, 3.05) is 14.2 Å². The summed E-state index contributed by atoms with van der Waals surface area (Å²) in [5.41, 5.74) is 0.815. The zero-order valence-corrected chi connectivity index (χ0v) is 17.6. The second kappa shape index (κ2) is 10.4. The Balaban J connectivity index is 2.01. The van der Waals surface area contributed by atoms with Gasteiger partial charge in [0.2, 0.25) is 0 Å². The highest BCUT2D eigenvalue weighted by atomic mass is 32.2. The standard InChI is InChI=1S/C23H30O3S/c1-23(2,22(24)26-4)21(27-20-16-14-19(25-3)15-17-20)13-9-8-12-18-10-6-5-7-11-18/h5-7,10-11,14-17,21H,8-9,12-13H2,1-4H3. The number of benzene rings is 2. The van der Waals surface area contributed by atoms with Crippen molar-refractivity contribution in [3.8, 4) is 5.75 Å². The van der Waals surface area contributed by atoms with E-state index in [1.165, 1.54) is 12.7 Å². The number of rotatable bonds is 10. The number of unbranched alkanes of at least 4 members (excludes halogenated alkanes) is 1. The third-order valence-electron chi connectivity index (χ3n) is 4.88. The molecule has 0 saturated heterocycles. The largest absolute Gasteiger partial charge is 0.497 e. The first kappa shape index (κ1) is 21.4. The summed E-state index contributed by atoms with van der Waals surface area (Å²) in [6.45, 7) is 3.97. The zero-order valence-electron chi connectivity index (χ0n) is 16.7. The van der Waals surface area contributed by atoms with Crippen LogP contribution in [0, 0.1) is 5.41 Å². The summed E-state index contributed by atoms with van der Waals surface area (Å²) < 4.78 is 10.3. The van der Waals surface area contributed by atoms with Gasteiger partial charge in [-0.05, 0) is 62.9 Å². The average Bonchev–Trinajstić information content (AvgIpc) is 2.70. The van der Waals surface area contributed by atoms with E-state index in [1.54, 1.807) is 18.9 Å².